The van der Waals surface area contributed by atoms with Gasteiger partial charge in [-0.3, -0.25) is 9.59 Å². The standard InChI is InChI=1S/C19H21N5O3.C3H6/c1-4-15(23-27)16-5-11(2)14(9-20-16)13-6-12-8-21-18(22-10-25)7-17(12)24(3)19(13)26;1-2-3-1/h5-10,16,20,27H,4H2,1-3H3,(H,21,22,25);1-3H2/b23-15-;. The van der Waals surface area contributed by atoms with Crippen molar-refractivity contribution in [2.45, 2.75) is 45.6 Å². The lowest BCUT2D eigenvalue weighted by Crippen LogP contribution is -2.34. The van der Waals surface area contributed by atoms with Crippen molar-refractivity contribution in [1.29, 1.82) is 0 Å². The minimum absolute atomic E-state index is 0.156. The van der Waals surface area contributed by atoms with Gasteiger partial charge in [-0.2, -0.15) is 0 Å². The Hall–Kier alpha value is -3.42. The zero-order chi connectivity index (χ0) is 21.7. The van der Waals surface area contributed by atoms with Crippen LogP contribution in [0.4, 0.5) is 5.82 Å². The fourth-order valence-electron chi connectivity index (χ4n) is 3.21. The Labute approximate surface area is 175 Å². The van der Waals surface area contributed by atoms with E-state index in [9.17, 15) is 9.59 Å². The number of anilines is 1. The van der Waals surface area contributed by atoms with E-state index in [1.807, 2.05) is 19.9 Å². The Kier molecular flexibility index (Phi) is 6.66. The highest BCUT2D eigenvalue weighted by Crippen LogP contribution is 2.26. The quantitative estimate of drug-likeness (QED) is 0.304. The summed E-state index contributed by atoms with van der Waals surface area (Å²) >= 11 is 0. The van der Waals surface area contributed by atoms with E-state index in [0.29, 0.717) is 35.4 Å². The fraction of sp³-hybridized carbons (Fsp3) is 0.364. The number of rotatable bonds is 5. The van der Waals surface area contributed by atoms with Crippen molar-refractivity contribution in [2.24, 2.45) is 12.2 Å². The van der Waals surface area contributed by atoms with Gasteiger partial charge in [-0.1, -0.05) is 37.4 Å². The average Bonchev–Trinajstić information content (AvgIpc) is 3.62. The van der Waals surface area contributed by atoms with Gasteiger partial charge < -0.3 is 20.4 Å². The lowest BCUT2D eigenvalue weighted by Gasteiger charge is -2.23. The number of hydrogen-bond acceptors (Lipinski definition) is 6. The largest absolute Gasteiger partial charge is 0.411 e. The molecule has 1 fully saturated rings. The topological polar surface area (TPSA) is 109 Å². The molecule has 0 saturated heterocycles. The minimum atomic E-state index is -0.202. The van der Waals surface area contributed by atoms with Crippen molar-refractivity contribution in [3.63, 3.8) is 0 Å². The summed E-state index contributed by atoms with van der Waals surface area (Å²) in [6.45, 7) is 3.84. The summed E-state index contributed by atoms with van der Waals surface area (Å²) in [7, 11) is 1.69. The molecule has 2 aromatic rings. The number of nitrogens with one attached hydrogen (secondary N) is 2. The number of fused-ring (bicyclic) bond motifs is 1. The van der Waals surface area contributed by atoms with E-state index in [1.165, 1.54) is 23.8 Å². The number of nitrogens with zero attached hydrogens (tertiary/aromatic N) is 3. The van der Waals surface area contributed by atoms with Crippen LogP contribution in [-0.4, -0.2) is 32.9 Å². The second-order valence-electron chi connectivity index (χ2n) is 7.37. The maximum atomic E-state index is 12.9. The predicted molar refractivity (Wildman–Crippen MR) is 119 cm³/mol. The molecule has 0 radical (unpaired) electrons. The van der Waals surface area contributed by atoms with E-state index < -0.39 is 0 Å². The third-order valence-electron chi connectivity index (χ3n) is 5.06. The number of allylic oxidation sites excluding steroid dienone is 2. The van der Waals surface area contributed by atoms with E-state index in [4.69, 9.17) is 5.21 Å². The van der Waals surface area contributed by atoms with Gasteiger partial charge in [0.05, 0.1) is 17.3 Å². The Morgan fingerprint density at radius 1 is 1.40 bits per heavy atom. The summed E-state index contributed by atoms with van der Waals surface area (Å²) < 4.78 is 1.54. The number of pyridine rings is 2. The number of dihydropyridines is 1. The third kappa shape index (κ3) is 4.59. The maximum absolute atomic E-state index is 12.9. The van der Waals surface area contributed by atoms with Crippen LogP contribution in [0.5, 0.6) is 0 Å². The molecule has 1 saturated carbocycles. The van der Waals surface area contributed by atoms with E-state index in [1.54, 1.807) is 31.6 Å². The Balaban J connectivity index is 0.000000782. The predicted octanol–water partition coefficient (Wildman–Crippen LogP) is 3.17. The molecule has 0 bridgehead atoms. The number of oxime groups is 1. The van der Waals surface area contributed by atoms with E-state index >= 15 is 0 Å². The van der Waals surface area contributed by atoms with Gasteiger partial charge in [0.15, 0.2) is 0 Å². The summed E-state index contributed by atoms with van der Waals surface area (Å²) in [5.74, 6) is 0.383. The fourth-order valence-corrected chi connectivity index (χ4v) is 3.21. The van der Waals surface area contributed by atoms with Crippen LogP contribution < -0.4 is 16.2 Å². The van der Waals surface area contributed by atoms with Crippen molar-refractivity contribution in [1.82, 2.24) is 14.9 Å². The molecule has 3 heterocycles. The minimum Gasteiger partial charge on any atom is -0.411 e. The van der Waals surface area contributed by atoms with Gasteiger partial charge >= 0.3 is 0 Å². The van der Waals surface area contributed by atoms with Crippen molar-refractivity contribution in [3.05, 3.63) is 52.1 Å². The molecule has 3 N–H and O–H groups in total. The zero-order valence-corrected chi connectivity index (χ0v) is 17.5. The first-order valence-electron chi connectivity index (χ1n) is 10.1. The molecule has 2 aliphatic rings. The molecule has 0 spiro atoms. The number of carbonyl (C=O) groups is 1. The first-order chi connectivity index (χ1) is 14.5. The Bertz CT molecular complexity index is 1090. The Morgan fingerprint density at radius 2 is 2.13 bits per heavy atom. The van der Waals surface area contributed by atoms with Crippen LogP contribution in [0.25, 0.3) is 16.5 Å². The number of carbonyl (C=O) groups excluding carboxylic acids is 1. The molecule has 0 aromatic carbocycles. The first-order valence-corrected chi connectivity index (χ1v) is 10.1. The van der Waals surface area contributed by atoms with Gasteiger partial charge in [0.2, 0.25) is 6.41 Å². The summed E-state index contributed by atoms with van der Waals surface area (Å²) in [4.78, 5) is 27.7. The highest BCUT2D eigenvalue weighted by Gasteiger charge is 2.20. The first kappa shape index (κ1) is 21.3. The summed E-state index contributed by atoms with van der Waals surface area (Å²) in [5, 5.41) is 18.9. The summed E-state index contributed by atoms with van der Waals surface area (Å²) in [6, 6.07) is 3.25. The lowest BCUT2D eigenvalue weighted by atomic mass is 9.94. The van der Waals surface area contributed by atoms with Crippen LogP contribution in [-0.2, 0) is 11.8 Å². The molecule has 2 aromatic heterocycles. The van der Waals surface area contributed by atoms with Crippen molar-refractivity contribution in [2.75, 3.05) is 5.32 Å². The summed E-state index contributed by atoms with van der Waals surface area (Å²) in [5.41, 5.74) is 3.37. The molecule has 1 unspecified atom stereocenters. The van der Waals surface area contributed by atoms with Crippen molar-refractivity contribution < 1.29 is 10.0 Å². The zero-order valence-electron chi connectivity index (χ0n) is 17.5. The van der Waals surface area contributed by atoms with Gasteiger partial charge in [-0.25, -0.2) is 4.98 Å². The van der Waals surface area contributed by atoms with Gasteiger partial charge in [0.25, 0.3) is 5.56 Å². The molecule has 8 nitrogen and oxygen atoms in total. The average molecular weight is 409 g/mol. The monoisotopic (exact) mass is 409 g/mol. The van der Waals surface area contributed by atoms with Crippen LogP contribution in [0.1, 0.15) is 45.1 Å². The van der Waals surface area contributed by atoms with Crippen LogP contribution in [0.2, 0.25) is 0 Å². The lowest BCUT2D eigenvalue weighted by molar-refractivity contribution is -0.105. The molecule has 30 heavy (non-hydrogen) atoms. The molecular formula is C22H27N5O3. The SMILES string of the molecule is C1CC1.CC/C(=N/O)C1C=C(C)C(c2cc3cnc(NC=O)cc3n(C)c2=O)=CN1. The van der Waals surface area contributed by atoms with Crippen molar-refractivity contribution in [3.8, 4) is 0 Å². The number of hydrogen-bond donors (Lipinski definition) is 3. The van der Waals surface area contributed by atoms with Gasteiger partial charge in [-0.05, 0) is 25.0 Å². The molecule has 1 amide bonds. The van der Waals surface area contributed by atoms with E-state index in [-0.39, 0.29) is 11.6 Å². The highest BCUT2D eigenvalue weighted by molar-refractivity contribution is 5.94. The van der Waals surface area contributed by atoms with E-state index in [0.717, 1.165) is 16.5 Å². The maximum Gasteiger partial charge on any atom is 0.258 e. The van der Waals surface area contributed by atoms with Crippen LogP contribution in [0, 0.1) is 0 Å². The second kappa shape index (κ2) is 9.39. The van der Waals surface area contributed by atoms with Crippen LogP contribution in [0.3, 0.4) is 0 Å². The molecule has 1 atom stereocenters. The molecule has 8 heteroatoms. The number of aromatic nitrogens is 2. The smallest absolute Gasteiger partial charge is 0.258 e. The van der Waals surface area contributed by atoms with Crippen LogP contribution in [0.15, 0.2) is 46.1 Å². The second-order valence-corrected chi connectivity index (χ2v) is 7.37. The van der Waals surface area contributed by atoms with Crippen molar-refractivity contribution >= 4 is 34.4 Å². The summed E-state index contributed by atoms with van der Waals surface area (Å²) in [6.07, 6.45) is 11.0. The molecule has 158 valence electrons. The molecule has 1 aliphatic heterocycles. The third-order valence-corrected chi connectivity index (χ3v) is 5.06. The van der Waals surface area contributed by atoms with Gasteiger partial charge in [0.1, 0.15) is 5.82 Å². The number of amides is 1. The van der Waals surface area contributed by atoms with Crippen LogP contribution >= 0.6 is 0 Å². The normalized spacial score (nSPS) is 17.8. The van der Waals surface area contributed by atoms with Gasteiger partial charge in [0, 0.05) is 42.0 Å². The van der Waals surface area contributed by atoms with Gasteiger partial charge in [-0.15, -0.1) is 0 Å². The Morgan fingerprint density at radius 3 is 2.70 bits per heavy atom. The number of aryl methyl sites for hydroxylation is 1. The van der Waals surface area contributed by atoms with E-state index in [2.05, 4.69) is 20.8 Å². The highest BCUT2D eigenvalue weighted by atomic mass is 16.4. The molecule has 1 aliphatic carbocycles. The molecular weight excluding hydrogens is 382 g/mol. The molecule has 4 rings (SSSR count).